The lowest BCUT2D eigenvalue weighted by molar-refractivity contribution is -0.180. The minimum Gasteiger partial charge on any atom is -0.462 e. The fraction of sp³-hybridized carbons (Fsp3) is 0.263. The average Bonchev–Trinajstić information content (AvgIpc) is 3.14. The Balaban J connectivity index is 1.60. The predicted octanol–water partition coefficient (Wildman–Crippen LogP) is 3.73. The quantitative estimate of drug-likeness (QED) is 0.759. The minimum absolute atomic E-state index is 0.553. The Morgan fingerprint density at radius 1 is 1.16 bits per heavy atom. The van der Waals surface area contributed by atoms with Crippen molar-refractivity contribution in [1.82, 2.24) is 15.0 Å². The molecule has 3 aromatic rings. The van der Waals surface area contributed by atoms with Crippen molar-refractivity contribution in [2.45, 2.75) is 32.8 Å². The molecule has 3 heterocycles. The second-order valence-electron chi connectivity index (χ2n) is 6.39. The molecule has 0 amide bonds. The van der Waals surface area contributed by atoms with Gasteiger partial charge in [0.05, 0.1) is 12.2 Å². The SMILES string of the molecule is CC1(C)OCc2cccc(CNc3ncccc3-c3ncc[nH]3)c2O1. The lowest BCUT2D eigenvalue weighted by Gasteiger charge is -2.33. The van der Waals surface area contributed by atoms with Gasteiger partial charge in [-0.1, -0.05) is 18.2 Å². The van der Waals surface area contributed by atoms with Crippen LogP contribution in [0.2, 0.25) is 0 Å². The largest absolute Gasteiger partial charge is 0.462 e. The van der Waals surface area contributed by atoms with E-state index >= 15 is 0 Å². The molecule has 4 rings (SSSR count). The summed E-state index contributed by atoms with van der Waals surface area (Å²) in [6, 6.07) is 10.00. The van der Waals surface area contributed by atoms with Crippen LogP contribution >= 0.6 is 0 Å². The molecule has 0 bridgehead atoms. The number of ether oxygens (including phenoxy) is 2. The Kier molecular flexibility index (Phi) is 3.89. The third kappa shape index (κ3) is 3.21. The number of rotatable bonds is 4. The highest BCUT2D eigenvalue weighted by atomic mass is 16.7. The molecule has 6 heteroatoms. The summed E-state index contributed by atoms with van der Waals surface area (Å²) in [6.45, 7) is 5.00. The number of fused-ring (bicyclic) bond motifs is 1. The van der Waals surface area contributed by atoms with Crippen molar-refractivity contribution in [1.29, 1.82) is 0 Å². The van der Waals surface area contributed by atoms with E-state index in [1.54, 1.807) is 18.6 Å². The molecule has 0 spiro atoms. The summed E-state index contributed by atoms with van der Waals surface area (Å²) in [5.41, 5.74) is 3.07. The smallest absolute Gasteiger partial charge is 0.205 e. The number of nitrogens with one attached hydrogen (secondary N) is 2. The Labute approximate surface area is 146 Å². The van der Waals surface area contributed by atoms with Gasteiger partial charge < -0.3 is 19.8 Å². The van der Waals surface area contributed by atoms with Crippen LogP contribution in [-0.4, -0.2) is 20.7 Å². The van der Waals surface area contributed by atoms with Gasteiger partial charge in [-0.25, -0.2) is 9.97 Å². The molecule has 1 aliphatic rings. The first-order valence-electron chi connectivity index (χ1n) is 8.25. The fourth-order valence-electron chi connectivity index (χ4n) is 2.88. The number of pyridine rings is 1. The molecule has 1 aliphatic heterocycles. The first-order valence-corrected chi connectivity index (χ1v) is 8.25. The van der Waals surface area contributed by atoms with E-state index in [1.807, 2.05) is 38.1 Å². The molecule has 25 heavy (non-hydrogen) atoms. The first kappa shape index (κ1) is 15.7. The molecule has 2 aromatic heterocycles. The standard InChI is InChI=1S/C19H20N4O2/c1-19(2)24-12-14-6-3-5-13(16(14)25-19)11-23-18-15(7-4-8-20-18)17-21-9-10-22-17/h3-10H,11-12H2,1-2H3,(H,20,23)(H,21,22). The number of imidazole rings is 1. The van der Waals surface area contributed by atoms with Gasteiger partial charge in [0.1, 0.15) is 17.4 Å². The second kappa shape index (κ2) is 6.22. The molecule has 0 unspecified atom stereocenters. The highest BCUT2D eigenvalue weighted by molar-refractivity contribution is 5.69. The van der Waals surface area contributed by atoms with E-state index in [1.165, 1.54) is 0 Å². The summed E-state index contributed by atoms with van der Waals surface area (Å²) < 4.78 is 11.8. The van der Waals surface area contributed by atoms with E-state index in [-0.39, 0.29) is 0 Å². The predicted molar refractivity (Wildman–Crippen MR) is 95.1 cm³/mol. The maximum Gasteiger partial charge on any atom is 0.205 e. The van der Waals surface area contributed by atoms with Gasteiger partial charge in [-0.05, 0) is 12.1 Å². The van der Waals surface area contributed by atoms with Crippen LogP contribution in [-0.2, 0) is 17.9 Å². The van der Waals surface area contributed by atoms with Crippen molar-refractivity contribution in [3.63, 3.8) is 0 Å². The monoisotopic (exact) mass is 336 g/mol. The Morgan fingerprint density at radius 2 is 2.08 bits per heavy atom. The summed E-state index contributed by atoms with van der Waals surface area (Å²) in [7, 11) is 0. The lowest BCUT2D eigenvalue weighted by Crippen LogP contribution is -2.35. The molecule has 0 fully saturated rings. The van der Waals surface area contributed by atoms with Crippen molar-refractivity contribution in [3.05, 3.63) is 60.0 Å². The van der Waals surface area contributed by atoms with Crippen LogP contribution in [0.25, 0.3) is 11.4 Å². The van der Waals surface area contributed by atoms with Crippen molar-refractivity contribution in [2.24, 2.45) is 0 Å². The molecule has 0 saturated heterocycles. The molecule has 2 N–H and O–H groups in total. The van der Waals surface area contributed by atoms with Crippen molar-refractivity contribution in [2.75, 3.05) is 5.32 Å². The fourth-order valence-corrected chi connectivity index (χ4v) is 2.88. The zero-order valence-corrected chi connectivity index (χ0v) is 14.2. The van der Waals surface area contributed by atoms with Crippen LogP contribution in [0.3, 0.4) is 0 Å². The van der Waals surface area contributed by atoms with E-state index < -0.39 is 5.79 Å². The van der Waals surface area contributed by atoms with Crippen LogP contribution in [0.1, 0.15) is 25.0 Å². The van der Waals surface area contributed by atoms with Crippen molar-refractivity contribution >= 4 is 5.82 Å². The van der Waals surface area contributed by atoms with E-state index in [2.05, 4.69) is 26.3 Å². The summed E-state index contributed by atoms with van der Waals surface area (Å²) in [5.74, 6) is 1.84. The number of para-hydroxylation sites is 1. The maximum absolute atomic E-state index is 6.04. The lowest BCUT2D eigenvalue weighted by atomic mass is 10.1. The number of benzene rings is 1. The Bertz CT molecular complexity index is 875. The topological polar surface area (TPSA) is 72.1 Å². The van der Waals surface area contributed by atoms with Crippen LogP contribution in [0, 0.1) is 0 Å². The molecule has 1 aromatic carbocycles. The van der Waals surface area contributed by atoms with Gasteiger partial charge in [0.15, 0.2) is 0 Å². The van der Waals surface area contributed by atoms with E-state index in [4.69, 9.17) is 9.47 Å². The summed E-state index contributed by atoms with van der Waals surface area (Å²) >= 11 is 0. The third-order valence-electron chi connectivity index (χ3n) is 4.11. The highest BCUT2D eigenvalue weighted by Gasteiger charge is 2.28. The van der Waals surface area contributed by atoms with Gasteiger partial charge in [0.25, 0.3) is 0 Å². The Morgan fingerprint density at radius 3 is 2.92 bits per heavy atom. The van der Waals surface area contributed by atoms with Gasteiger partial charge in [-0.2, -0.15) is 0 Å². The summed E-state index contributed by atoms with van der Waals surface area (Å²) in [6.07, 6.45) is 5.30. The van der Waals surface area contributed by atoms with Crippen LogP contribution in [0.4, 0.5) is 5.82 Å². The van der Waals surface area contributed by atoms with Gasteiger partial charge in [-0.3, -0.25) is 0 Å². The number of nitrogens with zero attached hydrogens (tertiary/aromatic N) is 2. The van der Waals surface area contributed by atoms with Crippen LogP contribution < -0.4 is 10.1 Å². The minimum atomic E-state index is -0.618. The number of anilines is 1. The molecule has 6 nitrogen and oxygen atoms in total. The van der Waals surface area contributed by atoms with Gasteiger partial charge in [-0.15, -0.1) is 0 Å². The number of H-pyrrole nitrogens is 1. The third-order valence-corrected chi connectivity index (χ3v) is 4.11. The first-order chi connectivity index (χ1) is 12.1. The highest BCUT2D eigenvalue weighted by Crippen LogP contribution is 2.34. The summed E-state index contributed by atoms with van der Waals surface area (Å²) in [4.78, 5) is 11.9. The number of aromatic nitrogens is 3. The number of hydrogen-bond acceptors (Lipinski definition) is 5. The van der Waals surface area contributed by atoms with Crippen molar-refractivity contribution in [3.8, 4) is 17.1 Å². The maximum atomic E-state index is 6.04. The second-order valence-corrected chi connectivity index (χ2v) is 6.39. The zero-order valence-electron chi connectivity index (χ0n) is 14.2. The normalized spacial score (nSPS) is 15.3. The molecule has 128 valence electrons. The van der Waals surface area contributed by atoms with Gasteiger partial charge in [0.2, 0.25) is 5.79 Å². The molecular weight excluding hydrogens is 316 g/mol. The molecular formula is C19H20N4O2. The zero-order chi connectivity index (χ0) is 17.3. The molecule has 0 atom stereocenters. The number of aromatic amines is 1. The van der Waals surface area contributed by atoms with Gasteiger partial charge in [0, 0.05) is 50.1 Å². The van der Waals surface area contributed by atoms with E-state index in [9.17, 15) is 0 Å². The van der Waals surface area contributed by atoms with Crippen molar-refractivity contribution < 1.29 is 9.47 Å². The average molecular weight is 336 g/mol. The number of hydrogen-bond donors (Lipinski definition) is 2. The molecule has 0 radical (unpaired) electrons. The van der Waals surface area contributed by atoms with E-state index in [0.29, 0.717) is 13.2 Å². The van der Waals surface area contributed by atoms with E-state index in [0.717, 1.165) is 34.1 Å². The molecule has 0 aliphatic carbocycles. The summed E-state index contributed by atoms with van der Waals surface area (Å²) in [5, 5.41) is 3.40. The van der Waals surface area contributed by atoms with Crippen LogP contribution in [0.5, 0.6) is 5.75 Å². The molecule has 0 saturated carbocycles. The Hall–Kier alpha value is -2.86. The van der Waals surface area contributed by atoms with Gasteiger partial charge >= 0.3 is 0 Å². The van der Waals surface area contributed by atoms with Crippen LogP contribution in [0.15, 0.2) is 48.9 Å².